The van der Waals surface area contributed by atoms with Crippen LogP contribution in [0.4, 0.5) is 4.39 Å². The van der Waals surface area contributed by atoms with Crippen molar-refractivity contribution in [3.8, 4) is 54.8 Å². The largest absolute Gasteiger partial charge is 0.478 e. The number of ether oxygens (including phenoxy) is 1. The van der Waals surface area contributed by atoms with E-state index in [-0.39, 0.29) is 10.6 Å². The number of esters is 1. The van der Waals surface area contributed by atoms with E-state index in [1.165, 1.54) is 54.0 Å². The Kier molecular flexibility index (Phi) is 12.8. The van der Waals surface area contributed by atoms with Crippen LogP contribution in [-0.4, -0.2) is 34.1 Å². The minimum atomic E-state index is -1.14. The summed E-state index contributed by atoms with van der Waals surface area (Å²) in [4.78, 5) is 32.9. The monoisotopic (exact) mass is 918 g/mol. The molecule has 15 heteroatoms. The predicted octanol–water partition coefficient (Wildman–Crippen LogP) is 14.3. The van der Waals surface area contributed by atoms with Crippen LogP contribution in [0.5, 0.6) is 0 Å². The smallest absolute Gasteiger partial charge is 0.339 e. The summed E-state index contributed by atoms with van der Waals surface area (Å²) in [5.74, 6) is -2.04. The number of aromatic carboxylic acids is 1. The van der Waals surface area contributed by atoms with Gasteiger partial charge in [-0.05, 0) is 82.2 Å². The highest BCUT2D eigenvalue weighted by molar-refractivity contribution is 9.10. The summed E-state index contributed by atoms with van der Waals surface area (Å²) in [5.41, 5.74) is 5.76. The molecular formula is C39H21BrCl5FN2O4S2. The van der Waals surface area contributed by atoms with Gasteiger partial charge in [0, 0.05) is 48.1 Å². The van der Waals surface area contributed by atoms with Crippen molar-refractivity contribution < 1.29 is 23.8 Å². The molecule has 0 saturated heterocycles. The molecule has 7 rings (SSSR count). The van der Waals surface area contributed by atoms with Crippen molar-refractivity contribution >= 4 is 109 Å². The average molecular weight is 922 g/mol. The number of aromatic nitrogens is 2. The standard InChI is InChI=1S/C22H11Cl3FNO2S.C17H10BrCl2NO2S/c23-17-6-3-13(26)9-15(17)14-4-1-12(7-16(14)22(28)29)21-27-20(10-30-21)11-2-5-18(24)19(25)8-11;1-23-17(22)11-6-10(2-4-12(11)18)16-21-15(8-24-16)9-3-5-13(19)14(20)7-9/h1-10H,(H,28,29);2-8H,1H3. The molecule has 0 aliphatic carbocycles. The van der Waals surface area contributed by atoms with Crippen LogP contribution < -0.4 is 0 Å². The number of hydrogen-bond donors (Lipinski definition) is 1. The first-order chi connectivity index (χ1) is 25.8. The third-order valence-electron chi connectivity index (χ3n) is 7.77. The summed E-state index contributed by atoms with van der Waals surface area (Å²) in [7, 11) is 1.35. The molecule has 272 valence electrons. The van der Waals surface area contributed by atoms with Gasteiger partial charge in [0.05, 0.1) is 49.7 Å². The molecule has 0 aliphatic rings. The van der Waals surface area contributed by atoms with Crippen LogP contribution in [0.15, 0.2) is 106 Å². The van der Waals surface area contributed by atoms with Gasteiger partial charge in [-0.25, -0.2) is 23.9 Å². The summed E-state index contributed by atoms with van der Waals surface area (Å²) in [6.07, 6.45) is 0. The average Bonchev–Trinajstić information content (AvgIpc) is 3.86. The highest BCUT2D eigenvalue weighted by Gasteiger charge is 2.18. The maximum atomic E-state index is 13.7. The molecule has 0 fully saturated rings. The van der Waals surface area contributed by atoms with Crippen LogP contribution in [0.25, 0.3) is 54.8 Å². The molecule has 0 radical (unpaired) electrons. The Bertz CT molecular complexity index is 2560. The normalized spacial score (nSPS) is 10.8. The Morgan fingerprint density at radius 3 is 1.65 bits per heavy atom. The Labute approximate surface area is 349 Å². The zero-order valence-electron chi connectivity index (χ0n) is 27.3. The van der Waals surface area contributed by atoms with Gasteiger partial charge in [0.1, 0.15) is 15.8 Å². The minimum Gasteiger partial charge on any atom is -0.478 e. The molecule has 1 N–H and O–H groups in total. The Hall–Kier alpha value is -3.84. The number of benzene rings is 5. The van der Waals surface area contributed by atoms with Crippen LogP contribution in [0.2, 0.25) is 25.1 Å². The van der Waals surface area contributed by atoms with Crippen molar-refractivity contribution in [3.05, 3.63) is 148 Å². The van der Waals surface area contributed by atoms with Crippen molar-refractivity contribution in [3.63, 3.8) is 0 Å². The molecular weight excluding hydrogens is 901 g/mol. The van der Waals surface area contributed by atoms with Crippen LogP contribution >= 0.6 is 96.6 Å². The molecule has 2 heterocycles. The topological polar surface area (TPSA) is 89.4 Å². The van der Waals surface area contributed by atoms with Crippen LogP contribution in [0.1, 0.15) is 20.7 Å². The van der Waals surface area contributed by atoms with Crippen molar-refractivity contribution in [2.75, 3.05) is 7.11 Å². The van der Waals surface area contributed by atoms with Gasteiger partial charge in [0.15, 0.2) is 0 Å². The molecule has 2 aromatic heterocycles. The number of methoxy groups -OCH3 is 1. The maximum absolute atomic E-state index is 13.7. The second-order valence-electron chi connectivity index (χ2n) is 11.2. The number of thiazole rings is 2. The van der Waals surface area contributed by atoms with E-state index in [1.807, 2.05) is 35.0 Å². The summed E-state index contributed by atoms with van der Waals surface area (Å²) in [5, 5.41) is 17.1. The van der Waals surface area contributed by atoms with Gasteiger partial charge in [0.25, 0.3) is 0 Å². The van der Waals surface area contributed by atoms with Crippen molar-refractivity contribution in [2.45, 2.75) is 0 Å². The molecule has 0 aliphatic heterocycles. The summed E-state index contributed by atoms with van der Waals surface area (Å²) in [6.45, 7) is 0. The number of carbonyl (C=O) groups excluding carboxylic acids is 1. The highest BCUT2D eigenvalue weighted by atomic mass is 79.9. The first-order valence-electron chi connectivity index (χ1n) is 15.4. The molecule has 0 amide bonds. The zero-order chi connectivity index (χ0) is 38.7. The number of rotatable bonds is 7. The van der Waals surface area contributed by atoms with Gasteiger partial charge < -0.3 is 9.84 Å². The quantitative estimate of drug-likeness (QED) is 0.160. The molecule has 0 spiro atoms. The lowest BCUT2D eigenvalue weighted by molar-refractivity contribution is 0.0598. The lowest BCUT2D eigenvalue weighted by Crippen LogP contribution is -2.02. The zero-order valence-corrected chi connectivity index (χ0v) is 34.3. The molecule has 0 unspecified atom stereocenters. The molecule has 7 aromatic rings. The Morgan fingerprint density at radius 2 is 1.13 bits per heavy atom. The fraction of sp³-hybridized carbons (Fsp3) is 0.0256. The van der Waals surface area contributed by atoms with Crippen LogP contribution in [-0.2, 0) is 4.74 Å². The number of nitrogens with zero attached hydrogens (tertiary/aromatic N) is 2. The number of carboxylic acids is 1. The van der Waals surface area contributed by atoms with E-state index in [4.69, 9.17) is 62.7 Å². The third kappa shape index (κ3) is 8.99. The Morgan fingerprint density at radius 1 is 0.630 bits per heavy atom. The van der Waals surface area contributed by atoms with E-state index in [9.17, 15) is 19.1 Å². The lowest BCUT2D eigenvalue weighted by Gasteiger charge is -2.10. The summed E-state index contributed by atoms with van der Waals surface area (Å²) < 4.78 is 19.2. The third-order valence-corrected chi connectivity index (χ3v) is 12.1. The van der Waals surface area contributed by atoms with Gasteiger partial charge in [0.2, 0.25) is 0 Å². The van der Waals surface area contributed by atoms with Crippen molar-refractivity contribution in [1.82, 2.24) is 9.97 Å². The van der Waals surface area contributed by atoms with E-state index in [0.717, 1.165) is 27.4 Å². The van der Waals surface area contributed by atoms with Gasteiger partial charge in [-0.2, -0.15) is 0 Å². The van der Waals surface area contributed by atoms with E-state index >= 15 is 0 Å². The predicted molar refractivity (Wildman–Crippen MR) is 222 cm³/mol. The number of hydrogen-bond acceptors (Lipinski definition) is 7. The first-order valence-corrected chi connectivity index (χ1v) is 19.8. The molecule has 0 bridgehead atoms. The molecule has 54 heavy (non-hydrogen) atoms. The minimum absolute atomic E-state index is 0.00582. The fourth-order valence-corrected chi connectivity index (χ4v) is 7.98. The summed E-state index contributed by atoms with van der Waals surface area (Å²) >= 11 is 36.4. The highest BCUT2D eigenvalue weighted by Crippen LogP contribution is 2.37. The first kappa shape index (κ1) is 39.8. The van der Waals surface area contributed by atoms with Gasteiger partial charge in [-0.3, -0.25) is 0 Å². The van der Waals surface area contributed by atoms with E-state index in [2.05, 4.69) is 25.9 Å². The maximum Gasteiger partial charge on any atom is 0.339 e. The molecule has 5 aromatic carbocycles. The second-order valence-corrected chi connectivity index (χ2v) is 15.8. The number of carbonyl (C=O) groups is 2. The second kappa shape index (κ2) is 17.3. The van der Waals surface area contributed by atoms with E-state index < -0.39 is 17.8 Å². The van der Waals surface area contributed by atoms with Crippen molar-refractivity contribution in [1.29, 1.82) is 0 Å². The summed E-state index contributed by atoms with van der Waals surface area (Å²) in [6, 6.07) is 24.8. The van der Waals surface area contributed by atoms with Crippen molar-refractivity contribution in [2.24, 2.45) is 0 Å². The van der Waals surface area contributed by atoms with Gasteiger partial charge in [-0.15, -0.1) is 22.7 Å². The molecule has 0 atom stereocenters. The SMILES string of the molecule is COC(=O)c1cc(-c2nc(-c3ccc(Cl)c(Cl)c3)cs2)ccc1Br.O=C(O)c1cc(-c2nc(-c3ccc(Cl)c(Cl)c3)cs2)ccc1-c1cc(F)ccc1Cl. The fourth-order valence-electron chi connectivity index (χ4n) is 5.11. The molecule has 0 saturated carbocycles. The van der Waals surface area contributed by atoms with Gasteiger partial charge >= 0.3 is 11.9 Å². The molecule has 6 nitrogen and oxygen atoms in total. The number of carboxylic acid groups (broad SMARTS) is 1. The van der Waals surface area contributed by atoms with Crippen LogP contribution in [0.3, 0.4) is 0 Å². The van der Waals surface area contributed by atoms with E-state index in [1.54, 1.807) is 42.5 Å². The van der Waals surface area contributed by atoms with Gasteiger partial charge in [-0.1, -0.05) is 88.3 Å². The van der Waals surface area contributed by atoms with E-state index in [0.29, 0.717) is 57.5 Å². The Balaban J connectivity index is 0.000000189. The lowest BCUT2D eigenvalue weighted by atomic mass is 9.97. The van der Waals surface area contributed by atoms with Crippen LogP contribution in [0, 0.1) is 5.82 Å². The number of halogens is 7.